The number of nitrogens with one attached hydrogen (secondary N) is 2. The zero-order valence-electron chi connectivity index (χ0n) is 15.6. The van der Waals surface area contributed by atoms with Crippen LogP contribution in [0.25, 0.3) is 0 Å². The molecule has 0 radical (unpaired) electrons. The second-order valence-electron chi connectivity index (χ2n) is 8.01. The molecule has 2 amide bonds. The highest BCUT2D eigenvalue weighted by Crippen LogP contribution is 2.27. The number of rotatable bonds is 3. The molecule has 0 aromatic heterocycles. The molecule has 1 aromatic rings. The first kappa shape index (κ1) is 21.0. The third-order valence-corrected chi connectivity index (χ3v) is 6.13. The number of piperidine rings is 2. The van der Waals surface area contributed by atoms with E-state index in [2.05, 4.69) is 10.6 Å². The van der Waals surface area contributed by atoms with Crippen LogP contribution < -0.4 is 10.6 Å². The first-order valence-electron chi connectivity index (χ1n) is 9.80. The number of nitrogens with zero attached hydrogens (tertiary/aromatic N) is 1. The second-order valence-corrected chi connectivity index (χ2v) is 8.01. The Balaban J connectivity index is 0.00000225. The van der Waals surface area contributed by atoms with Crippen molar-refractivity contribution < 1.29 is 18.4 Å². The lowest BCUT2D eigenvalue weighted by molar-refractivity contribution is -0.127. The monoisotopic (exact) mass is 413 g/mol. The first-order valence-corrected chi connectivity index (χ1v) is 9.80. The molecule has 5 nitrogen and oxygen atoms in total. The Morgan fingerprint density at radius 1 is 1.04 bits per heavy atom. The molecule has 3 heterocycles. The number of hydrogen-bond acceptors (Lipinski definition) is 3. The van der Waals surface area contributed by atoms with E-state index in [-0.39, 0.29) is 35.8 Å². The Bertz CT molecular complexity index is 728. The Labute approximate surface area is 169 Å². The second kappa shape index (κ2) is 8.74. The lowest BCUT2D eigenvalue weighted by Gasteiger charge is -2.34. The van der Waals surface area contributed by atoms with Gasteiger partial charge in [0.2, 0.25) is 5.91 Å². The SMILES string of the molecule is Cl.O=C(NC1CC2CCC(C1)N2)C1CCN(C(=O)c2ccc(F)cc2F)CC1. The van der Waals surface area contributed by atoms with Crippen molar-refractivity contribution in [2.45, 2.75) is 56.7 Å². The Morgan fingerprint density at radius 2 is 1.68 bits per heavy atom. The van der Waals surface area contributed by atoms with E-state index in [1.54, 1.807) is 4.90 Å². The standard InChI is InChI=1S/C20H25F2N3O2.ClH/c21-13-1-4-17(18(22)9-13)20(27)25-7-5-12(6-8-25)19(26)24-16-10-14-2-3-15(11-16)23-14;/h1,4,9,12,14-16,23H,2-3,5-8,10-11H2,(H,24,26);1H. The minimum atomic E-state index is -0.847. The average molecular weight is 414 g/mol. The van der Waals surface area contributed by atoms with Crippen LogP contribution in [0.1, 0.15) is 48.9 Å². The van der Waals surface area contributed by atoms with Crippen molar-refractivity contribution in [2.75, 3.05) is 13.1 Å². The van der Waals surface area contributed by atoms with Gasteiger partial charge in [-0.1, -0.05) is 0 Å². The van der Waals surface area contributed by atoms with Gasteiger partial charge in [0, 0.05) is 43.2 Å². The van der Waals surface area contributed by atoms with E-state index in [1.807, 2.05) is 0 Å². The molecule has 4 rings (SSSR count). The Hall–Kier alpha value is -1.73. The van der Waals surface area contributed by atoms with Gasteiger partial charge in [-0.15, -0.1) is 12.4 Å². The molecule has 2 N–H and O–H groups in total. The molecule has 3 fully saturated rings. The summed E-state index contributed by atoms with van der Waals surface area (Å²) >= 11 is 0. The van der Waals surface area contributed by atoms with E-state index in [1.165, 1.54) is 18.9 Å². The van der Waals surface area contributed by atoms with Gasteiger partial charge in [-0.2, -0.15) is 0 Å². The maximum absolute atomic E-state index is 13.8. The van der Waals surface area contributed by atoms with Gasteiger partial charge < -0.3 is 15.5 Å². The topological polar surface area (TPSA) is 61.4 Å². The predicted octanol–water partition coefficient (Wildman–Crippen LogP) is 2.64. The predicted molar refractivity (Wildman–Crippen MR) is 103 cm³/mol. The van der Waals surface area contributed by atoms with Gasteiger partial charge in [0.25, 0.3) is 5.91 Å². The lowest BCUT2D eigenvalue weighted by Crippen LogP contribution is -2.50. The van der Waals surface area contributed by atoms with Crippen molar-refractivity contribution in [1.29, 1.82) is 0 Å². The molecule has 2 atom stereocenters. The minimum absolute atomic E-state index is 0. The number of carbonyl (C=O) groups excluding carboxylic acids is 2. The third kappa shape index (κ3) is 4.46. The van der Waals surface area contributed by atoms with E-state index < -0.39 is 17.5 Å². The maximum Gasteiger partial charge on any atom is 0.256 e. The van der Waals surface area contributed by atoms with Gasteiger partial charge in [-0.3, -0.25) is 9.59 Å². The van der Waals surface area contributed by atoms with Crippen LogP contribution in [-0.4, -0.2) is 47.9 Å². The zero-order valence-corrected chi connectivity index (χ0v) is 16.4. The number of halogens is 3. The van der Waals surface area contributed by atoms with Crippen molar-refractivity contribution in [3.63, 3.8) is 0 Å². The highest BCUT2D eigenvalue weighted by atomic mass is 35.5. The summed E-state index contributed by atoms with van der Waals surface area (Å²) < 4.78 is 26.9. The van der Waals surface area contributed by atoms with Crippen LogP contribution >= 0.6 is 12.4 Å². The molecule has 3 saturated heterocycles. The number of benzene rings is 1. The van der Waals surface area contributed by atoms with E-state index in [9.17, 15) is 18.4 Å². The van der Waals surface area contributed by atoms with Crippen LogP contribution in [0.4, 0.5) is 8.78 Å². The van der Waals surface area contributed by atoms with Crippen LogP contribution in [0.2, 0.25) is 0 Å². The number of fused-ring (bicyclic) bond motifs is 2. The average Bonchev–Trinajstić information content (AvgIpc) is 2.99. The molecule has 28 heavy (non-hydrogen) atoms. The highest BCUT2D eigenvalue weighted by molar-refractivity contribution is 5.94. The van der Waals surface area contributed by atoms with Gasteiger partial charge in [0.15, 0.2) is 0 Å². The largest absolute Gasteiger partial charge is 0.353 e. The fourth-order valence-electron chi connectivity index (χ4n) is 4.67. The lowest BCUT2D eigenvalue weighted by atomic mass is 9.93. The maximum atomic E-state index is 13.8. The molecule has 3 aliphatic heterocycles. The van der Waals surface area contributed by atoms with E-state index in [4.69, 9.17) is 0 Å². The third-order valence-electron chi connectivity index (χ3n) is 6.13. The van der Waals surface area contributed by atoms with Crippen LogP contribution in [0.15, 0.2) is 18.2 Å². The Kier molecular flexibility index (Phi) is 6.55. The van der Waals surface area contributed by atoms with Crippen molar-refractivity contribution in [1.82, 2.24) is 15.5 Å². The van der Waals surface area contributed by atoms with Crippen LogP contribution in [0.5, 0.6) is 0 Å². The molecule has 0 saturated carbocycles. The van der Waals surface area contributed by atoms with E-state index in [0.29, 0.717) is 38.0 Å². The molecule has 0 spiro atoms. The number of hydrogen-bond donors (Lipinski definition) is 2. The first-order chi connectivity index (χ1) is 13.0. The molecule has 3 aliphatic rings. The van der Waals surface area contributed by atoms with E-state index in [0.717, 1.165) is 25.0 Å². The summed E-state index contributed by atoms with van der Waals surface area (Å²) in [5, 5.41) is 6.76. The smallest absolute Gasteiger partial charge is 0.256 e. The summed E-state index contributed by atoms with van der Waals surface area (Å²) in [5.41, 5.74) is -0.121. The van der Waals surface area contributed by atoms with Gasteiger partial charge >= 0.3 is 0 Å². The summed E-state index contributed by atoms with van der Waals surface area (Å²) in [5.74, 6) is -2.03. The van der Waals surface area contributed by atoms with Gasteiger partial charge in [0.05, 0.1) is 5.56 Å². The molecular weight excluding hydrogens is 388 g/mol. The fraction of sp³-hybridized carbons (Fsp3) is 0.600. The minimum Gasteiger partial charge on any atom is -0.353 e. The Morgan fingerprint density at radius 3 is 2.29 bits per heavy atom. The van der Waals surface area contributed by atoms with Crippen LogP contribution in [0.3, 0.4) is 0 Å². The summed E-state index contributed by atoms with van der Waals surface area (Å²) in [6.45, 7) is 0.816. The number of amides is 2. The van der Waals surface area contributed by atoms with Crippen LogP contribution in [-0.2, 0) is 4.79 Å². The quantitative estimate of drug-likeness (QED) is 0.800. The normalized spacial score (nSPS) is 27.2. The molecule has 0 aliphatic carbocycles. The number of carbonyl (C=O) groups is 2. The molecule has 154 valence electrons. The zero-order chi connectivity index (χ0) is 19.0. The summed E-state index contributed by atoms with van der Waals surface area (Å²) in [6, 6.07) is 4.28. The van der Waals surface area contributed by atoms with Gasteiger partial charge in [-0.05, 0) is 50.7 Å². The molecule has 2 bridgehead atoms. The van der Waals surface area contributed by atoms with E-state index >= 15 is 0 Å². The molecule has 1 aromatic carbocycles. The highest BCUT2D eigenvalue weighted by Gasteiger charge is 2.35. The van der Waals surface area contributed by atoms with Crippen molar-refractivity contribution >= 4 is 24.2 Å². The van der Waals surface area contributed by atoms with Gasteiger partial charge in [0.1, 0.15) is 11.6 Å². The van der Waals surface area contributed by atoms with Crippen LogP contribution in [0, 0.1) is 17.6 Å². The summed E-state index contributed by atoms with van der Waals surface area (Å²) in [4.78, 5) is 26.6. The molecule has 2 unspecified atom stereocenters. The molecular formula is C20H26ClF2N3O2. The van der Waals surface area contributed by atoms with Crippen molar-refractivity contribution in [3.8, 4) is 0 Å². The summed E-state index contributed by atoms with van der Waals surface area (Å²) in [6.07, 6.45) is 5.50. The summed E-state index contributed by atoms with van der Waals surface area (Å²) in [7, 11) is 0. The van der Waals surface area contributed by atoms with Crippen molar-refractivity contribution in [3.05, 3.63) is 35.4 Å². The van der Waals surface area contributed by atoms with Gasteiger partial charge in [-0.25, -0.2) is 8.78 Å². The number of likely N-dealkylation sites (tertiary alicyclic amines) is 1. The fourth-order valence-corrected chi connectivity index (χ4v) is 4.67. The molecule has 8 heteroatoms. The van der Waals surface area contributed by atoms with Crippen molar-refractivity contribution in [2.24, 2.45) is 5.92 Å².